The van der Waals surface area contributed by atoms with Gasteiger partial charge in [-0.1, -0.05) is 16.8 Å². The van der Waals surface area contributed by atoms with Crippen LogP contribution in [-0.2, 0) is 0 Å². The van der Waals surface area contributed by atoms with E-state index in [0.29, 0.717) is 11.3 Å². The van der Waals surface area contributed by atoms with Crippen molar-refractivity contribution < 1.29 is 8.91 Å². The van der Waals surface area contributed by atoms with Crippen LogP contribution in [0, 0.1) is 5.82 Å². The van der Waals surface area contributed by atoms with E-state index >= 15 is 0 Å². The van der Waals surface area contributed by atoms with Gasteiger partial charge in [0.1, 0.15) is 5.69 Å². The zero-order chi connectivity index (χ0) is 11.0. The molecule has 3 nitrogen and oxygen atoms in total. The maximum atomic E-state index is 13.4. The molecule has 78 valence electrons. The van der Waals surface area contributed by atoms with E-state index in [9.17, 15) is 4.39 Å². The molecule has 0 saturated heterocycles. The number of nitrogens with two attached hydrogens (primary N) is 1. The molecule has 0 bridgehead atoms. The Morgan fingerprint density at radius 1 is 1.47 bits per heavy atom. The highest BCUT2D eigenvalue weighted by molar-refractivity contribution is 9.10. The van der Waals surface area contributed by atoms with Crippen molar-refractivity contribution in [3.63, 3.8) is 0 Å². The number of nitrogen functional groups attached to an aromatic ring is 1. The first-order chi connectivity index (χ1) is 7.09. The second kappa shape index (κ2) is 3.83. The highest BCUT2D eigenvalue weighted by atomic mass is 79.9. The largest absolute Gasteiger partial charge is 0.368 e. The quantitative estimate of drug-likeness (QED) is 0.818. The van der Waals surface area contributed by atoms with Crippen molar-refractivity contribution in [3.8, 4) is 11.3 Å². The molecule has 0 atom stereocenters. The van der Waals surface area contributed by atoms with Crippen LogP contribution >= 0.6 is 27.5 Å². The highest BCUT2D eigenvalue weighted by Crippen LogP contribution is 2.33. The second-order valence-electron chi connectivity index (χ2n) is 2.84. The minimum atomic E-state index is -0.532. The molecule has 0 unspecified atom stereocenters. The fraction of sp³-hybridized carbons (Fsp3) is 0. The normalized spacial score (nSPS) is 10.6. The summed E-state index contributed by atoms with van der Waals surface area (Å²) in [5.74, 6) is -0.358. The lowest BCUT2D eigenvalue weighted by atomic mass is 10.1. The van der Waals surface area contributed by atoms with E-state index < -0.39 is 5.82 Å². The average molecular weight is 292 g/mol. The maximum Gasteiger partial charge on any atom is 0.222 e. The molecule has 15 heavy (non-hydrogen) atoms. The predicted molar refractivity (Wildman–Crippen MR) is 59.0 cm³/mol. The zero-order valence-electron chi connectivity index (χ0n) is 7.30. The van der Waals surface area contributed by atoms with Crippen molar-refractivity contribution in [3.05, 3.63) is 33.5 Å². The summed E-state index contributed by atoms with van der Waals surface area (Å²) in [6, 6.07) is 4.59. The molecule has 0 amide bonds. The van der Waals surface area contributed by atoms with Crippen LogP contribution in [0.15, 0.2) is 27.2 Å². The van der Waals surface area contributed by atoms with Crippen LogP contribution in [0.1, 0.15) is 0 Å². The Morgan fingerprint density at radius 2 is 2.20 bits per heavy atom. The molecule has 0 fully saturated rings. The Hall–Kier alpha value is -1.07. The summed E-state index contributed by atoms with van der Waals surface area (Å²) in [5.41, 5.74) is 6.36. The minimum Gasteiger partial charge on any atom is -0.368 e. The third kappa shape index (κ3) is 1.85. The monoisotopic (exact) mass is 290 g/mol. The van der Waals surface area contributed by atoms with Crippen LogP contribution in [0.25, 0.3) is 11.3 Å². The Bertz CT molecular complexity index is 515. The smallest absolute Gasteiger partial charge is 0.222 e. The molecule has 0 spiro atoms. The van der Waals surface area contributed by atoms with E-state index in [1.54, 1.807) is 6.07 Å². The summed E-state index contributed by atoms with van der Waals surface area (Å²) in [7, 11) is 0. The summed E-state index contributed by atoms with van der Waals surface area (Å²) < 4.78 is 18.3. The fourth-order valence-corrected chi connectivity index (χ4v) is 1.96. The number of hydrogen-bond donors (Lipinski definition) is 1. The molecular formula is C9H5BrClFN2O. The molecule has 0 saturated carbocycles. The van der Waals surface area contributed by atoms with Gasteiger partial charge in [0, 0.05) is 11.6 Å². The third-order valence-electron chi connectivity index (χ3n) is 1.84. The van der Waals surface area contributed by atoms with Crippen molar-refractivity contribution >= 4 is 33.4 Å². The molecule has 2 aromatic rings. The Morgan fingerprint density at radius 3 is 2.80 bits per heavy atom. The van der Waals surface area contributed by atoms with Crippen LogP contribution in [0.5, 0.6) is 0 Å². The topological polar surface area (TPSA) is 52.0 Å². The van der Waals surface area contributed by atoms with Crippen LogP contribution in [0.2, 0.25) is 5.02 Å². The standard InChI is InChI=1S/C9H5BrClFN2O/c10-8-4(1-2-5(11)9(8)12)6-3-7(13)15-14-6/h1-3H,13H2. The van der Waals surface area contributed by atoms with Gasteiger partial charge in [0.25, 0.3) is 0 Å². The molecule has 0 aliphatic rings. The van der Waals surface area contributed by atoms with Crippen molar-refractivity contribution in [2.45, 2.75) is 0 Å². The van der Waals surface area contributed by atoms with Gasteiger partial charge in [0.15, 0.2) is 5.82 Å². The van der Waals surface area contributed by atoms with Gasteiger partial charge in [0.05, 0.1) is 9.50 Å². The summed E-state index contributed by atoms with van der Waals surface area (Å²) >= 11 is 8.70. The van der Waals surface area contributed by atoms with Gasteiger partial charge in [-0.15, -0.1) is 0 Å². The number of rotatable bonds is 1. The Kier molecular flexibility index (Phi) is 2.67. The van der Waals surface area contributed by atoms with Crippen LogP contribution in [-0.4, -0.2) is 5.16 Å². The van der Waals surface area contributed by atoms with Gasteiger partial charge in [0.2, 0.25) is 5.88 Å². The first kappa shape index (κ1) is 10.4. The maximum absolute atomic E-state index is 13.4. The molecule has 0 aliphatic carbocycles. The summed E-state index contributed by atoms with van der Waals surface area (Å²) in [5, 5.41) is 3.72. The Labute approximate surface area is 98.1 Å². The first-order valence-electron chi connectivity index (χ1n) is 3.95. The van der Waals surface area contributed by atoms with Crippen molar-refractivity contribution in [1.82, 2.24) is 5.16 Å². The molecule has 2 rings (SSSR count). The zero-order valence-corrected chi connectivity index (χ0v) is 9.64. The van der Waals surface area contributed by atoms with Gasteiger partial charge in [-0.05, 0) is 28.1 Å². The van der Waals surface area contributed by atoms with Gasteiger partial charge in [-0.25, -0.2) is 4.39 Å². The van der Waals surface area contributed by atoms with E-state index in [1.165, 1.54) is 12.1 Å². The number of aromatic nitrogens is 1. The molecular weight excluding hydrogens is 286 g/mol. The van der Waals surface area contributed by atoms with E-state index in [0.717, 1.165) is 0 Å². The van der Waals surface area contributed by atoms with Gasteiger partial charge in [-0.3, -0.25) is 0 Å². The van der Waals surface area contributed by atoms with Crippen LogP contribution in [0.4, 0.5) is 10.3 Å². The third-order valence-corrected chi connectivity index (χ3v) is 2.91. The SMILES string of the molecule is Nc1cc(-c2ccc(Cl)c(F)c2Br)no1. The van der Waals surface area contributed by atoms with Crippen molar-refractivity contribution in [1.29, 1.82) is 0 Å². The number of halogens is 3. The lowest BCUT2D eigenvalue weighted by Crippen LogP contribution is -1.85. The summed E-state index contributed by atoms with van der Waals surface area (Å²) in [6.45, 7) is 0. The van der Waals surface area contributed by atoms with Crippen LogP contribution < -0.4 is 5.73 Å². The number of hydrogen-bond acceptors (Lipinski definition) is 3. The van der Waals surface area contributed by atoms with Crippen molar-refractivity contribution in [2.75, 3.05) is 5.73 Å². The average Bonchev–Trinajstić information content (AvgIpc) is 2.61. The molecule has 6 heteroatoms. The number of anilines is 1. The van der Waals surface area contributed by atoms with Gasteiger partial charge in [-0.2, -0.15) is 0 Å². The van der Waals surface area contributed by atoms with E-state index in [4.69, 9.17) is 21.9 Å². The number of nitrogens with zero attached hydrogens (tertiary/aromatic N) is 1. The van der Waals surface area contributed by atoms with E-state index in [1.807, 2.05) is 0 Å². The highest BCUT2D eigenvalue weighted by Gasteiger charge is 2.14. The summed E-state index contributed by atoms with van der Waals surface area (Å²) in [4.78, 5) is 0. The van der Waals surface area contributed by atoms with Gasteiger partial charge < -0.3 is 10.3 Å². The molecule has 1 aromatic heterocycles. The lowest BCUT2D eigenvalue weighted by molar-refractivity contribution is 0.439. The molecule has 1 heterocycles. The van der Waals surface area contributed by atoms with Crippen LogP contribution in [0.3, 0.4) is 0 Å². The van der Waals surface area contributed by atoms with E-state index in [2.05, 4.69) is 21.1 Å². The predicted octanol–water partition coefficient (Wildman–Crippen LogP) is 3.48. The Balaban J connectivity index is 2.59. The van der Waals surface area contributed by atoms with Gasteiger partial charge >= 0.3 is 0 Å². The van der Waals surface area contributed by atoms with E-state index in [-0.39, 0.29) is 15.4 Å². The lowest BCUT2D eigenvalue weighted by Gasteiger charge is -2.02. The number of benzene rings is 1. The molecule has 0 radical (unpaired) electrons. The summed E-state index contributed by atoms with van der Waals surface area (Å²) in [6.07, 6.45) is 0. The second-order valence-corrected chi connectivity index (χ2v) is 4.04. The molecule has 2 N–H and O–H groups in total. The minimum absolute atomic E-state index is 0.0436. The molecule has 0 aliphatic heterocycles. The fourth-order valence-electron chi connectivity index (χ4n) is 1.14. The van der Waals surface area contributed by atoms with Crippen molar-refractivity contribution in [2.24, 2.45) is 0 Å². The molecule has 1 aromatic carbocycles. The first-order valence-corrected chi connectivity index (χ1v) is 5.12.